The Labute approximate surface area is 132 Å². The highest BCUT2D eigenvalue weighted by molar-refractivity contribution is 9.10. The Bertz CT molecular complexity index is 716. The van der Waals surface area contributed by atoms with Crippen LogP contribution in [0.2, 0.25) is 5.02 Å². The Morgan fingerprint density at radius 3 is 2.67 bits per heavy atom. The average molecular weight is 373 g/mol. The van der Waals surface area contributed by atoms with Gasteiger partial charge in [-0.05, 0) is 24.3 Å². The predicted molar refractivity (Wildman–Crippen MR) is 80.2 cm³/mol. The molecule has 2 aromatic rings. The molecule has 0 atom stereocenters. The molecule has 0 fully saturated rings. The molecule has 4 nitrogen and oxygen atoms in total. The topological polar surface area (TPSA) is 60.2 Å². The zero-order valence-corrected chi connectivity index (χ0v) is 12.8. The van der Waals surface area contributed by atoms with Gasteiger partial charge in [-0.1, -0.05) is 33.6 Å². The van der Waals surface area contributed by atoms with Crippen molar-refractivity contribution in [1.29, 1.82) is 0 Å². The number of hydrogen-bond acceptors (Lipinski definition) is 3. The van der Waals surface area contributed by atoms with Crippen LogP contribution in [0.3, 0.4) is 0 Å². The molecule has 2 aromatic carbocycles. The Hall–Kier alpha value is -1.79. The molecule has 0 aromatic heterocycles. The maximum absolute atomic E-state index is 13.7. The van der Waals surface area contributed by atoms with Crippen LogP contribution in [-0.2, 0) is 6.42 Å². The van der Waals surface area contributed by atoms with Crippen LogP contribution in [-0.4, -0.2) is 10.7 Å². The molecule has 0 spiro atoms. The Morgan fingerprint density at radius 1 is 1.33 bits per heavy atom. The van der Waals surface area contributed by atoms with Crippen molar-refractivity contribution in [2.24, 2.45) is 0 Å². The molecular weight excluding hydrogens is 365 g/mol. The van der Waals surface area contributed by atoms with Gasteiger partial charge in [0.1, 0.15) is 5.82 Å². The summed E-state index contributed by atoms with van der Waals surface area (Å²) >= 11 is 9.01. The van der Waals surface area contributed by atoms with Crippen molar-refractivity contribution in [2.45, 2.75) is 6.42 Å². The number of ketones is 1. The van der Waals surface area contributed by atoms with Crippen LogP contribution in [0.15, 0.2) is 40.9 Å². The Balaban J connectivity index is 2.40. The fraction of sp³-hybridized carbons (Fsp3) is 0.0714. The number of nitrogens with zero attached hydrogens (tertiary/aromatic N) is 1. The molecule has 2 rings (SSSR count). The van der Waals surface area contributed by atoms with E-state index in [1.165, 1.54) is 30.3 Å². The van der Waals surface area contributed by atoms with Crippen LogP contribution >= 0.6 is 27.5 Å². The number of benzene rings is 2. The predicted octanol–water partition coefficient (Wildman–Crippen LogP) is 4.58. The number of halogens is 3. The van der Waals surface area contributed by atoms with Crippen molar-refractivity contribution in [3.8, 4) is 0 Å². The van der Waals surface area contributed by atoms with E-state index in [4.69, 9.17) is 11.6 Å². The third kappa shape index (κ3) is 3.46. The molecule has 0 aliphatic rings. The third-order valence-corrected chi connectivity index (χ3v) is 3.64. The molecule has 0 bridgehead atoms. The van der Waals surface area contributed by atoms with Gasteiger partial charge in [0, 0.05) is 22.5 Å². The third-order valence-electron chi connectivity index (χ3n) is 2.83. The second-order valence-electron chi connectivity index (χ2n) is 4.23. The van der Waals surface area contributed by atoms with Crippen LogP contribution in [0.5, 0.6) is 0 Å². The lowest BCUT2D eigenvalue weighted by molar-refractivity contribution is -0.385. The van der Waals surface area contributed by atoms with Gasteiger partial charge in [0.15, 0.2) is 5.78 Å². The average Bonchev–Trinajstić information content (AvgIpc) is 2.38. The smallest absolute Gasteiger partial charge is 0.273 e. The minimum absolute atomic E-state index is 0.0161. The Morgan fingerprint density at radius 2 is 2.05 bits per heavy atom. The summed E-state index contributed by atoms with van der Waals surface area (Å²) in [6.45, 7) is 0. The van der Waals surface area contributed by atoms with Crippen LogP contribution in [0.25, 0.3) is 0 Å². The number of hydrogen-bond donors (Lipinski definition) is 0. The second-order valence-corrected chi connectivity index (χ2v) is 5.55. The summed E-state index contributed by atoms with van der Waals surface area (Å²) in [4.78, 5) is 22.6. The van der Waals surface area contributed by atoms with Crippen molar-refractivity contribution >= 4 is 39.0 Å². The Kier molecular flexibility index (Phi) is 4.69. The summed E-state index contributed by atoms with van der Waals surface area (Å²) in [5.41, 5.74) is -0.258. The van der Waals surface area contributed by atoms with Crippen LogP contribution < -0.4 is 0 Å². The van der Waals surface area contributed by atoms with E-state index < -0.39 is 16.5 Å². The van der Waals surface area contributed by atoms with Crippen molar-refractivity contribution in [3.63, 3.8) is 0 Å². The lowest BCUT2D eigenvalue weighted by Gasteiger charge is -2.06. The van der Waals surface area contributed by atoms with Crippen molar-refractivity contribution < 1.29 is 14.1 Å². The van der Waals surface area contributed by atoms with Crippen LogP contribution in [0.1, 0.15) is 15.9 Å². The number of carbonyl (C=O) groups excluding carboxylic acids is 1. The molecule has 0 N–H and O–H groups in total. The summed E-state index contributed by atoms with van der Waals surface area (Å²) in [6, 6.07) is 8.15. The van der Waals surface area contributed by atoms with Gasteiger partial charge in [-0.25, -0.2) is 4.39 Å². The van der Waals surface area contributed by atoms with E-state index in [1.54, 1.807) is 0 Å². The van der Waals surface area contributed by atoms with Crippen molar-refractivity contribution in [1.82, 2.24) is 0 Å². The monoisotopic (exact) mass is 371 g/mol. The number of carbonyl (C=O) groups is 1. The van der Waals surface area contributed by atoms with E-state index in [0.717, 1.165) is 6.07 Å². The van der Waals surface area contributed by atoms with Crippen LogP contribution in [0, 0.1) is 15.9 Å². The van der Waals surface area contributed by atoms with Gasteiger partial charge in [-0.3, -0.25) is 14.9 Å². The van der Waals surface area contributed by atoms with E-state index in [-0.39, 0.29) is 28.3 Å². The highest BCUT2D eigenvalue weighted by Gasteiger charge is 2.21. The summed E-state index contributed by atoms with van der Waals surface area (Å²) < 4.78 is 14.3. The van der Waals surface area contributed by atoms with E-state index in [2.05, 4.69) is 15.9 Å². The van der Waals surface area contributed by atoms with Crippen molar-refractivity contribution in [2.75, 3.05) is 0 Å². The minimum atomic E-state index is -0.745. The number of nitro groups is 1. The quantitative estimate of drug-likeness (QED) is 0.448. The number of Topliss-reactive ketones (excluding diaryl/α,β-unsaturated/α-hetero) is 1. The molecule has 0 unspecified atom stereocenters. The molecule has 0 radical (unpaired) electrons. The maximum Gasteiger partial charge on any atom is 0.273 e. The van der Waals surface area contributed by atoms with E-state index >= 15 is 0 Å². The maximum atomic E-state index is 13.7. The molecule has 7 heteroatoms. The fourth-order valence-corrected chi connectivity index (χ4v) is 2.58. The molecule has 0 saturated heterocycles. The highest BCUT2D eigenvalue weighted by atomic mass is 79.9. The molecule has 0 amide bonds. The second kappa shape index (κ2) is 6.32. The molecular formula is C14H8BrClFNO3. The molecule has 0 aliphatic heterocycles. The lowest BCUT2D eigenvalue weighted by atomic mass is 10.0. The number of nitro benzene ring substituents is 1. The first-order valence-corrected chi connectivity index (χ1v) is 6.97. The molecule has 21 heavy (non-hydrogen) atoms. The molecule has 0 aliphatic carbocycles. The first-order valence-electron chi connectivity index (χ1n) is 5.80. The molecule has 0 saturated carbocycles. The lowest BCUT2D eigenvalue weighted by Crippen LogP contribution is -2.09. The summed E-state index contributed by atoms with van der Waals surface area (Å²) in [6.07, 6.45) is -0.309. The van der Waals surface area contributed by atoms with Crippen LogP contribution in [0.4, 0.5) is 10.1 Å². The van der Waals surface area contributed by atoms with Gasteiger partial charge in [0.2, 0.25) is 0 Å². The normalized spacial score (nSPS) is 10.4. The summed E-state index contributed by atoms with van der Waals surface area (Å²) in [7, 11) is 0. The van der Waals surface area contributed by atoms with Gasteiger partial charge < -0.3 is 0 Å². The van der Waals surface area contributed by atoms with Gasteiger partial charge in [0.05, 0.1) is 15.5 Å². The molecule has 0 heterocycles. The standard InChI is InChI=1S/C14H8BrClFNO3/c15-9-4-5-12(18(20)21)8(6-9)7-13(19)14-10(16)2-1-3-11(14)17/h1-6H,7H2. The minimum Gasteiger partial charge on any atom is -0.294 e. The van der Waals surface area contributed by atoms with Gasteiger partial charge in [0.25, 0.3) is 5.69 Å². The van der Waals surface area contributed by atoms with Gasteiger partial charge in [-0.2, -0.15) is 0 Å². The van der Waals surface area contributed by atoms with Crippen molar-refractivity contribution in [3.05, 3.63) is 73.0 Å². The number of rotatable bonds is 4. The zero-order chi connectivity index (χ0) is 15.6. The fourth-order valence-electron chi connectivity index (χ4n) is 1.90. The first-order chi connectivity index (χ1) is 9.90. The van der Waals surface area contributed by atoms with E-state index in [9.17, 15) is 19.3 Å². The SMILES string of the molecule is O=C(Cc1cc(Br)ccc1[N+](=O)[O-])c1c(F)cccc1Cl. The van der Waals surface area contributed by atoms with Gasteiger partial charge in [-0.15, -0.1) is 0 Å². The first kappa shape index (κ1) is 15.6. The van der Waals surface area contributed by atoms with E-state index in [0.29, 0.717) is 4.47 Å². The molecule has 108 valence electrons. The summed E-state index contributed by atoms with van der Waals surface area (Å²) in [5.74, 6) is -1.36. The zero-order valence-electron chi connectivity index (χ0n) is 10.5. The van der Waals surface area contributed by atoms with E-state index in [1.807, 2.05) is 0 Å². The largest absolute Gasteiger partial charge is 0.294 e. The highest BCUT2D eigenvalue weighted by Crippen LogP contribution is 2.26. The summed E-state index contributed by atoms with van der Waals surface area (Å²) in [5, 5.41) is 10.9. The van der Waals surface area contributed by atoms with Gasteiger partial charge >= 0.3 is 0 Å².